The maximum absolute atomic E-state index is 13.5. The molecule has 4 rings (SSSR count). The van der Waals surface area contributed by atoms with Gasteiger partial charge in [0.25, 0.3) is 0 Å². The fourth-order valence-corrected chi connectivity index (χ4v) is 6.57. The van der Waals surface area contributed by atoms with Gasteiger partial charge in [-0.1, -0.05) is 24.3 Å². The van der Waals surface area contributed by atoms with Gasteiger partial charge >= 0.3 is 0 Å². The third kappa shape index (κ3) is 3.94. The minimum Gasteiger partial charge on any atom is -0.348 e. The maximum Gasteiger partial charge on any atom is 0.185 e. The fourth-order valence-electron chi connectivity index (χ4n) is 3.94. The Morgan fingerprint density at radius 1 is 1.07 bits per heavy atom. The predicted molar refractivity (Wildman–Crippen MR) is 116 cm³/mol. The second-order valence-electron chi connectivity index (χ2n) is 7.47. The molecule has 1 fully saturated rings. The summed E-state index contributed by atoms with van der Waals surface area (Å²) in [5, 5.41) is 2.50. The number of piperidine rings is 1. The van der Waals surface area contributed by atoms with Gasteiger partial charge in [-0.15, -0.1) is 11.3 Å². The van der Waals surface area contributed by atoms with Crippen LogP contribution in [0.4, 0.5) is 9.52 Å². The molecule has 1 aromatic heterocycles. The number of sulfone groups is 1. The van der Waals surface area contributed by atoms with E-state index in [-0.39, 0.29) is 4.90 Å². The Hall–Kier alpha value is -2.25. The van der Waals surface area contributed by atoms with Crippen molar-refractivity contribution >= 4 is 26.3 Å². The number of hydrogen-bond acceptors (Lipinski definition) is 5. The SMILES string of the molecule is Cc1cccc(C)c1-c1csc(N2CCC(S(=O)(=O)c3cccc(F)c3)CC2)n1. The van der Waals surface area contributed by atoms with E-state index in [1.165, 1.54) is 34.9 Å². The first-order valence-electron chi connectivity index (χ1n) is 9.63. The Kier molecular flexibility index (Phi) is 5.44. The summed E-state index contributed by atoms with van der Waals surface area (Å²) < 4.78 is 39.2. The summed E-state index contributed by atoms with van der Waals surface area (Å²) in [7, 11) is -3.52. The first kappa shape index (κ1) is 20.0. The number of benzene rings is 2. The quantitative estimate of drug-likeness (QED) is 0.584. The molecule has 2 aromatic carbocycles. The van der Waals surface area contributed by atoms with Crippen LogP contribution in [0.2, 0.25) is 0 Å². The molecule has 0 radical (unpaired) electrons. The average molecular weight is 431 g/mol. The van der Waals surface area contributed by atoms with E-state index in [2.05, 4.69) is 36.3 Å². The molecule has 1 aliphatic heterocycles. The standard InChI is InChI=1S/C22H23FN2O2S2/c1-15-5-3-6-16(2)21(15)20-14-28-22(24-20)25-11-9-18(10-12-25)29(26,27)19-8-4-7-17(23)13-19/h3-8,13-14,18H,9-12H2,1-2H3. The predicted octanol–water partition coefficient (Wildman–Crippen LogP) is 5.01. The summed E-state index contributed by atoms with van der Waals surface area (Å²) in [5.41, 5.74) is 4.53. The summed E-state index contributed by atoms with van der Waals surface area (Å²) in [6.45, 7) is 5.42. The maximum atomic E-state index is 13.5. The lowest BCUT2D eigenvalue weighted by molar-refractivity contribution is 0.528. The summed E-state index contributed by atoms with van der Waals surface area (Å²) >= 11 is 1.59. The van der Waals surface area contributed by atoms with Crippen LogP contribution in [0, 0.1) is 19.7 Å². The highest BCUT2D eigenvalue weighted by molar-refractivity contribution is 7.92. The molecule has 0 aliphatic carbocycles. The minimum atomic E-state index is -3.52. The normalized spacial score (nSPS) is 15.6. The van der Waals surface area contributed by atoms with E-state index >= 15 is 0 Å². The number of nitrogens with zero attached hydrogens (tertiary/aromatic N) is 2. The Balaban J connectivity index is 1.49. The zero-order chi connectivity index (χ0) is 20.6. The van der Waals surface area contributed by atoms with Gasteiger partial charge in [0.2, 0.25) is 0 Å². The molecule has 3 aromatic rings. The molecule has 152 valence electrons. The van der Waals surface area contributed by atoms with Gasteiger partial charge in [-0.3, -0.25) is 0 Å². The van der Waals surface area contributed by atoms with Crippen molar-refractivity contribution in [2.24, 2.45) is 0 Å². The highest BCUT2D eigenvalue weighted by Gasteiger charge is 2.32. The van der Waals surface area contributed by atoms with E-state index in [9.17, 15) is 12.8 Å². The van der Waals surface area contributed by atoms with Crippen LogP contribution in [0.1, 0.15) is 24.0 Å². The van der Waals surface area contributed by atoms with E-state index in [0.29, 0.717) is 25.9 Å². The van der Waals surface area contributed by atoms with E-state index < -0.39 is 20.9 Å². The summed E-state index contributed by atoms with van der Waals surface area (Å²) in [6, 6.07) is 11.5. The number of rotatable bonds is 4. The summed E-state index contributed by atoms with van der Waals surface area (Å²) in [6.07, 6.45) is 1.02. The van der Waals surface area contributed by atoms with E-state index in [1.807, 2.05) is 6.07 Å². The van der Waals surface area contributed by atoms with Gasteiger partial charge in [0, 0.05) is 24.0 Å². The van der Waals surface area contributed by atoms with Crippen molar-refractivity contribution in [3.8, 4) is 11.3 Å². The van der Waals surface area contributed by atoms with Crippen molar-refractivity contribution in [3.63, 3.8) is 0 Å². The van der Waals surface area contributed by atoms with Crippen LogP contribution in [0.5, 0.6) is 0 Å². The van der Waals surface area contributed by atoms with Gasteiger partial charge in [-0.25, -0.2) is 17.8 Å². The smallest absolute Gasteiger partial charge is 0.185 e. The Bertz CT molecular complexity index is 1110. The molecular formula is C22H23FN2O2S2. The first-order valence-corrected chi connectivity index (χ1v) is 12.1. The molecule has 29 heavy (non-hydrogen) atoms. The third-order valence-corrected chi connectivity index (χ3v) is 8.67. The van der Waals surface area contributed by atoms with Crippen LogP contribution in [0.15, 0.2) is 52.7 Å². The summed E-state index contributed by atoms with van der Waals surface area (Å²) in [4.78, 5) is 7.05. The van der Waals surface area contributed by atoms with E-state index in [1.54, 1.807) is 11.3 Å². The number of aromatic nitrogens is 1. The largest absolute Gasteiger partial charge is 0.348 e. The zero-order valence-corrected chi connectivity index (χ0v) is 18.1. The monoisotopic (exact) mass is 430 g/mol. The molecule has 0 N–H and O–H groups in total. The van der Waals surface area contributed by atoms with Gasteiger partial charge in [-0.05, 0) is 56.0 Å². The lowest BCUT2D eigenvalue weighted by Gasteiger charge is -2.31. The van der Waals surface area contributed by atoms with Crippen LogP contribution in [0.25, 0.3) is 11.3 Å². The van der Waals surface area contributed by atoms with Crippen molar-refractivity contribution in [3.05, 3.63) is 64.8 Å². The van der Waals surface area contributed by atoms with Crippen LogP contribution < -0.4 is 4.90 Å². The molecule has 1 aliphatic rings. The Morgan fingerprint density at radius 3 is 2.38 bits per heavy atom. The number of halogens is 1. The number of aryl methyl sites for hydroxylation is 2. The van der Waals surface area contributed by atoms with Crippen molar-refractivity contribution in [1.29, 1.82) is 0 Å². The topological polar surface area (TPSA) is 50.3 Å². The fraction of sp³-hybridized carbons (Fsp3) is 0.318. The van der Waals surface area contributed by atoms with Crippen LogP contribution >= 0.6 is 11.3 Å². The number of thiazole rings is 1. The van der Waals surface area contributed by atoms with Crippen LogP contribution in [0.3, 0.4) is 0 Å². The molecule has 0 saturated carbocycles. The van der Waals surface area contributed by atoms with E-state index in [4.69, 9.17) is 4.98 Å². The van der Waals surface area contributed by atoms with Crippen LogP contribution in [-0.2, 0) is 9.84 Å². The highest BCUT2D eigenvalue weighted by Crippen LogP contribution is 2.34. The van der Waals surface area contributed by atoms with Crippen molar-refractivity contribution in [1.82, 2.24) is 4.98 Å². The van der Waals surface area contributed by atoms with Gasteiger partial charge < -0.3 is 4.90 Å². The molecule has 0 bridgehead atoms. The van der Waals surface area contributed by atoms with Crippen molar-refractivity contribution in [2.75, 3.05) is 18.0 Å². The van der Waals surface area contributed by atoms with Gasteiger partial charge in [-0.2, -0.15) is 0 Å². The first-order chi connectivity index (χ1) is 13.9. The minimum absolute atomic E-state index is 0.0718. The third-order valence-electron chi connectivity index (χ3n) is 5.51. The molecule has 0 unspecified atom stereocenters. The van der Waals surface area contributed by atoms with Crippen molar-refractivity contribution in [2.45, 2.75) is 36.8 Å². The second kappa shape index (κ2) is 7.88. The zero-order valence-electron chi connectivity index (χ0n) is 16.4. The van der Waals surface area contributed by atoms with Gasteiger partial charge in [0.05, 0.1) is 15.8 Å². The molecule has 0 spiro atoms. The Labute approximate surface area is 175 Å². The second-order valence-corrected chi connectivity index (χ2v) is 10.5. The number of anilines is 1. The highest BCUT2D eigenvalue weighted by atomic mass is 32.2. The summed E-state index contributed by atoms with van der Waals surface area (Å²) in [5.74, 6) is -0.523. The molecule has 2 heterocycles. The number of hydrogen-bond donors (Lipinski definition) is 0. The average Bonchev–Trinajstić information content (AvgIpc) is 3.18. The molecule has 0 atom stereocenters. The van der Waals surface area contributed by atoms with Gasteiger partial charge in [0.15, 0.2) is 15.0 Å². The lowest BCUT2D eigenvalue weighted by atomic mass is 10.0. The molecule has 1 saturated heterocycles. The van der Waals surface area contributed by atoms with Gasteiger partial charge in [0.1, 0.15) is 5.82 Å². The van der Waals surface area contributed by atoms with Crippen LogP contribution in [-0.4, -0.2) is 31.7 Å². The van der Waals surface area contributed by atoms with E-state index in [0.717, 1.165) is 16.9 Å². The molecule has 4 nitrogen and oxygen atoms in total. The Morgan fingerprint density at radius 2 is 1.72 bits per heavy atom. The molecular weight excluding hydrogens is 407 g/mol. The lowest BCUT2D eigenvalue weighted by Crippen LogP contribution is -2.39. The van der Waals surface area contributed by atoms with Crippen molar-refractivity contribution < 1.29 is 12.8 Å². The molecule has 7 heteroatoms. The molecule has 0 amide bonds.